The second kappa shape index (κ2) is 26.0. The summed E-state index contributed by atoms with van der Waals surface area (Å²) in [4.78, 5) is 36.3. The summed E-state index contributed by atoms with van der Waals surface area (Å²) >= 11 is 0. The summed E-state index contributed by atoms with van der Waals surface area (Å²) in [6.45, 7) is 5.34. The van der Waals surface area contributed by atoms with Crippen molar-refractivity contribution >= 4 is 17.9 Å². The fraction of sp³-hybridized carbons (Fsp3) is 0.456. The number of nitrogens with zero attached hydrogens (tertiary/aromatic N) is 2. The molecule has 2 amide bonds. The number of aliphatic hydroxyl groups is 2. The predicted molar refractivity (Wildman–Crippen MR) is 268 cm³/mol. The average molecular weight is 990 g/mol. The number of rotatable bonds is 24. The first kappa shape index (κ1) is 52.2. The van der Waals surface area contributed by atoms with Gasteiger partial charge in [0.2, 0.25) is 12.1 Å². The SMILES string of the molecule is C=CCOC12Oc3ccc(OC(=O)NCc4ccccc4)cc3C3C(CCCCO)C(CCCCO)C=C(C(=NOC4CCCCO4)CC1N(Cc1ccc(F)cc1)C(=O)OCCOCc1ccccc1)C32. The van der Waals surface area contributed by atoms with E-state index in [4.69, 9.17) is 38.4 Å². The molecule has 2 aliphatic carbocycles. The lowest BCUT2D eigenvalue weighted by Gasteiger charge is -2.59. The van der Waals surface area contributed by atoms with Crippen molar-refractivity contribution in [1.82, 2.24) is 10.2 Å². The van der Waals surface area contributed by atoms with Gasteiger partial charge in [-0.15, -0.1) is 6.58 Å². The maximum absolute atomic E-state index is 15.0. The van der Waals surface area contributed by atoms with E-state index in [2.05, 4.69) is 18.0 Å². The number of halogens is 1. The summed E-state index contributed by atoms with van der Waals surface area (Å²) in [7, 11) is 0. The minimum Gasteiger partial charge on any atom is -0.459 e. The lowest BCUT2D eigenvalue weighted by atomic mass is 9.55. The van der Waals surface area contributed by atoms with Crippen LogP contribution in [0.1, 0.15) is 92.4 Å². The van der Waals surface area contributed by atoms with Crippen molar-refractivity contribution in [3.63, 3.8) is 0 Å². The van der Waals surface area contributed by atoms with E-state index in [9.17, 15) is 19.4 Å². The number of ether oxygens (including phenoxy) is 6. The van der Waals surface area contributed by atoms with Crippen LogP contribution in [0.25, 0.3) is 0 Å². The number of hydrogen-bond acceptors (Lipinski definition) is 12. The fourth-order valence-corrected chi connectivity index (χ4v) is 10.7. The third-order valence-corrected chi connectivity index (χ3v) is 14.0. The van der Waals surface area contributed by atoms with Gasteiger partial charge < -0.3 is 48.8 Å². The normalized spacial score (nSPS) is 23.7. The molecule has 14 nitrogen and oxygen atoms in total. The van der Waals surface area contributed by atoms with Crippen LogP contribution in [0.15, 0.2) is 133 Å². The third kappa shape index (κ3) is 13.1. The van der Waals surface area contributed by atoms with Gasteiger partial charge in [0.1, 0.15) is 30.0 Å². The molecule has 0 spiro atoms. The van der Waals surface area contributed by atoms with E-state index in [1.165, 1.54) is 12.1 Å². The van der Waals surface area contributed by atoms with Crippen molar-refractivity contribution < 1.29 is 57.5 Å². The molecule has 0 radical (unpaired) electrons. The zero-order chi connectivity index (χ0) is 50.1. The molecule has 7 unspecified atom stereocenters. The molecule has 72 heavy (non-hydrogen) atoms. The van der Waals surface area contributed by atoms with E-state index in [0.29, 0.717) is 68.1 Å². The summed E-state index contributed by atoms with van der Waals surface area (Å²) < 4.78 is 53.0. The number of amides is 2. The highest BCUT2D eigenvalue weighted by Gasteiger charge is 2.66. The topological polar surface area (TPSA) is 167 Å². The second-order valence-electron chi connectivity index (χ2n) is 18.8. The van der Waals surface area contributed by atoms with Crippen LogP contribution in [-0.4, -0.2) is 90.8 Å². The Labute approximate surface area is 421 Å². The molecule has 0 bridgehead atoms. The van der Waals surface area contributed by atoms with Crippen LogP contribution in [0, 0.1) is 23.6 Å². The quantitative estimate of drug-likeness (QED) is 0.0347. The molecular formula is C57H68FN3O11. The van der Waals surface area contributed by atoms with Gasteiger partial charge in [0.05, 0.1) is 38.1 Å². The molecule has 1 saturated heterocycles. The van der Waals surface area contributed by atoms with Crippen LogP contribution >= 0.6 is 0 Å². The Balaban J connectivity index is 1.25. The Morgan fingerprint density at radius 2 is 1.64 bits per heavy atom. The van der Waals surface area contributed by atoms with Gasteiger partial charge in [-0.2, -0.15) is 0 Å². The largest absolute Gasteiger partial charge is 0.459 e. The van der Waals surface area contributed by atoms with Crippen molar-refractivity contribution in [3.05, 3.63) is 156 Å². The monoisotopic (exact) mass is 989 g/mol. The predicted octanol–water partition coefficient (Wildman–Crippen LogP) is 10.1. The van der Waals surface area contributed by atoms with Crippen LogP contribution in [-0.2, 0) is 43.5 Å². The minimum absolute atomic E-state index is 0.0189. The zero-order valence-corrected chi connectivity index (χ0v) is 40.9. The molecule has 0 aromatic heterocycles. The minimum atomic E-state index is -1.62. The molecular weight excluding hydrogens is 922 g/mol. The number of nitrogens with one attached hydrogen (secondary N) is 1. The Kier molecular flexibility index (Phi) is 18.9. The number of carbonyl (C=O) groups is 2. The van der Waals surface area contributed by atoms with Crippen molar-refractivity contribution in [1.29, 1.82) is 0 Å². The van der Waals surface area contributed by atoms with Crippen molar-refractivity contribution in [2.75, 3.05) is 39.6 Å². The van der Waals surface area contributed by atoms with Crippen LogP contribution in [0.3, 0.4) is 0 Å². The summed E-state index contributed by atoms with van der Waals surface area (Å²) in [5, 5.41) is 27.9. The van der Waals surface area contributed by atoms with Gasteiger partial charge in [0, 0.05) is 50.6 Å². The van der Waals surface area contributed by atoms with E-state index >= 15 is 4.79 Å². The molecule has 2 heterocycles. The Morgan fingerprint density at radius 3 is 2.36 bits per heavy atom. The summed E-state index contributed by atoms with van der Waals surface area (Å²) in [6, 6.07) is 29.6. The molecule has 4 aromatic carbocycles. The van der Waals surface area contributed by atoms with Crippen LogP contribution in [0.5, 0.6) is 11.5 Å². The molecule has 3 N–H and O–H groups in total. The summed E-state index contributed by atoms with van der Waals surface area (Å²) in [6.07, 6.45) is 8.69. The Hall–Kier alpha value is -6.10. The smallest absolute Gasteiger partial charge is 0.412 e. The van der Waals surface area contributed by atoms with E-state index in [-0.39, 0.29) is 64.4 Å². The number of oxime groups is 1. The highest BCUT2D eigenvalue weighted by Crippen LogP contribution is 2.62. The molecule has 8 rings (SSSR count). The Morgan fingerprint density at radius 1 is 0.889 bits per heavy atom. The molecule has 384 valence electrons. The molecule has 4 aliphatic rings. The van der Waals surface area contributed by atoms with Gasteiger partial charge in [-0.25, -0.2) is 14.0 Å². The highest BCUT2D eigenvalue weighted by atomic mass is 19.1. The van der Waals surface area contributed by atoms with Crippen LogP contribution in [0.2, 0.25) is 0 Å². The number of benzene rings is 4. The fourth-order valence-electron chi connectivity index (χ4n) is 10.7. The zero-order valence-electron chi connectivity index (χ0n) is 40.9. The second-order valence-corrected chi connectivity index (χ2v) is 18.8. The highest BCUT2D eigenvalue weighted by molar-refractivity contribution is 6.03. The lowest BCUT2D eigenvalue weighted by Crippen LogP contribution is -2.70. The number of allylic oxidation sites excluding steroid dienone is 1. The van der Waals surface area contributed by atoms with Gasteiger partial charge >= 0.3 is 12.2 Å². The van der Waals surface area contributed by atoms with Gasteiger partial charge in [-0.1, -0.05) is 103 Å². The maximum Gasteiger partial charge on any atom is 0.412 e. The Bertz CT molecular complexity index is 2430. The number of aliphatic hydroxyl groups excluding tert-OH is 2. The van der Waals surface area contributed by atoms with E-state index in [1.807, 2.05) is 66.7 Å². The number of carbonyl (C=O) groups excluding carboxylic acids is 2. The third-order valence-electron chi connectivity index (χ3n) is 14.0. The summed E-state index contributed by atoms with van der Waals surface area (Å²) in [5.74, 6) is -2.47. The average Bonchev–Trinajstić information content (AvgIpc) is 3.41. The van der Waals surface area contributed by atoms with Gasteiger partial charge in [-0.05, 0) is 103 Å². The molecule has 15 heteroatoms. The van der Waals surface area contributed by atoms with Gasteiger partial charge in [0.25, 0.3) is 0 Å². The molecule has 7 atom stereocenters. The maximum atomic E-state index is 15.0. The number of fused-ring (bicyclic) bond motifs is 2. The first-order chi connectivity index (χ1) is 35.3. The molecule has 4 aromatic rings. The van der Waals surface area contributed by atoms with Crippen molar-refractivity contribution in [3.8, 4) is 11.5 Å². The molecule has 1 saturated carbocycles. The van der Waals surface area contributed by atoms with Gasteiger partial charge in [-0.3, -0.25) is 4.90 Å². The van der Waals surface area contributed by atoms with E-state index in [0.717, 1.165) is 47.9 Å². The van der Waals surface area contributed by atoms with Crippen molar-refractivity contribution in [2.24, 2.45) is 22.9 Å². The molecule has 2 fully saturated rings. The number of unbranched alkanes of at least 4 members (excludes halogenated alkanes) is 2. The van der Waals surface area contributed by atoms with E-state index < -0.39 is 48.0 Å². The van der Waals surface area contributed by atoms with Gasteiger partial charge in [0.15, 0.2) is 0 Å². The van der Waals surface area contributed by atoms with Crippen LogP contribution in [0.4, 0.5) is 14.0 Å². The van der Waals surface area contributed by atoms with Crippen LogP contribution < -0.4 is 14.8 Å². The molecule has 2 aliphatic heterocycles. The van der Waals surface area contributed by atoms with E-state index in [1.54, 1.807) is 35.2 Å². The van der Waals surface area contributed by atoms with Crippen molar-refractivity contribution in [2.45, 2.75) is 108 Å². The number of hydrogen-bond donors (Lipinski definition) is 3. The summed E-state index contributed by atoms with van der Waals surface area (Å²) in [5.41, 5.74) is 4.71. The first-order valence-corrected chi connectivity index (χ1v) is 25.4. The standard InChI is InChI=1S/C57H68FN3O11/c1-2-30-69-57-51(61(38-41-22-24-44(58)25-23-41)56(65)68-33-32-66-39-42-17-7-4-8-18-42)36-49(60-72-52-21-11-14-31-67-52)47-34-43(19-9-12-28-62)46(20-10-13-29-63)53(54(47)57)48-35-45(26-27-50(48)71-57)70-55(64)59-37-40-15-5-3-6-16-40/h2-8,15-18,22-27,34-35,43,46,51-54,62-63H,1,9-14,19-21,28-33,36-39H2,(H,59,64). The first-order valence-electron chi connectivity index (χ1n) is 25.4. The lowest BCUT2D eigenvalue weighted by molar-refractivity contribution is -0.256.